The van der Waals surface area contributed by atoms with Crippen LogP contribution in [0.3, 0.4) is 0 Å². The van der Waals surface area contributed by atoms with Crippen molar-refractivity contribution in [3.8, 4) is 5.75 Å². The van der Waals surface area contributed by atoms with Crippen molar-refractivity contribution in [2.45, 2.75) is 52.5 Å². The van der Waals surface area contributed by atoms with Crippen LogP contribution in [-0.4, -0.2) is 28.6 Å². The number of carbonyl (C=O) groups excluding carboxylic acids is 1. The first kappa shape index (κ1) is 24.5. The lowest BCUT2D eigenvalue weighted by Crippen LogP contribution is -2.28. The molecule has 1 heterocycles. The van der Waals surface area contributed by atoms with Gasteiger partial charge in [-0.15, -0.1) is 0 Å². The molecule has 0 unspecified atom stereocenters. The van der Waals surface area contributed by atoms with Crippen molar-refractivity contribution >= 4 is 16.9 Å². The lowest BCUT2D eigenvalue weighted by molar-refractivity contribution is -0.120. The maximum Gasteiger partial charge on any atom is 0.224 e. The minimum atomic E-state index is 0.0406. The summed E-state index contributed by atoms with van der Waals surface area (Å²) < 4.78 is 8.24. The number of nitrogens with one attached hydrogen (secondary N) is 1. The monoisotopic (exact) mass is 469 g/mol. The average Bonchev–Trinajstić information content (AvgIpc) is 3.21. The Kier molecular flexibility index (Phi) is 8.19. The van der Waals surface area contributed by atoms with Gasteiger partial charge < -0.3 is 14.6 Å². The molecule has 3 aromatic carbocycles. The summed E-state index contributed by atoms with van der Waals surface area (Å²) in [6.45, 7) is 8.44. The first-order valence-electron chi connectivity index (χ1n) is 12.5. The molecule has 182 valence electrons. The molecule has 35 heavy (non-hydrogen) atoms. The molecule has 1 aromatic heterocycles. The fourth-order valence-corrected chi connectivity index (χ4v) is 4.29. The number of benzene rings is 3. The van der Waals surface area contributed by atoms with E-state index in [0.29, 0.717) is 31.9 Å². The third-order valence-corrected chi connectivity index (χ3v) is 6.36. The minimum Gasteiger partial charge on any atom is -0.494 e. The maximum absolute atomic E-state index is 12.5. The molecule has 0 aliphatic heterocycles. The van der Waals surface area contributed by atoms with E-state index < -0.39 is 0 Å². The zero-order valence-electron chi connectivity index (χ0n) is 21.0. The fraction of sp³-hybridized carbons (Fsp3) is 0.333. The van der Waals surface area contributed by atoms with E-state index in [0.717, 1.165) is 46.7 Å². The van der Waals surface area contributed by atoms with Gasteiger partial charge in [-0.3, -0.25) is 4.79 Å². The van der Waals surface area contributed by atoms with Crippen LogP contribution in [0.1, 0.15) is 48.7 Å². The predicted molar refractivity (Wildman–Crippen MR) is 142 cm³/mol. The summed E-state index contributed by atoms with van der Waals surface area (Å²) in [5, 5.41) is 3.06. The lowest BCUT2D eigenvalue weighted by atomic mass is 10.0. The second-order valence-corrected chi connectivity index (χ2v) is 9.30. The number of hydrogen-bond donors (Lipinski definition) is 1. The number of amides is 1. The Hall–Kier alpha value is -3.60. The number of rotatable bonds is 11. The minimum absolute atomic E-state index is 0.0406. The Labute approximate surface area is 208 Å². The molecule has 4 rings (SSSR count). The van der Waals surface area contributed by atoms with Crippen molar-refractivity contribution in [3.63, 3.8) is 0 Å². The number of carbonyl (C=O) groups is 1. The SMILES string of the molecule is Cc1ccccc1CC(=O)NCCc1nc2ccccc2n1CCCOc1ccc(C(C)C)cc1. The van der Waals surface area contributed by atoms with Gasteiger partial charge in [0, 0.05) is 19.5 Å². The first-order valence-corrected chi connectivity index (χ1v) is 12.5. The van der Waals surface area contributed by atoms with E-state index in [1.807, 2.05) is 61.5 Å². The molecular weight excluding hydrogens is 434 g/mol. The number of hydrogen-bond acceptors (Lipinski definition) is 3. The third kappa shape index (κ3) is 6.50. The zero-order valence-corrected chi connectivity index (χ0v) is 21.0. The van der Waals surface area contributed by atoms with Crippen molar-refractivity contribution < 1.29 is 9.53 Å². The molecule has 0 atom stereocenters. The van der Waals surface area contributed by atoms with Gasteiger partial charge in [-0.2, -0.15) is 0 Å². The average molecular weight is 470 g/mol. The van der Waals surface area contributed by atoms with Gasteiger partial charge in [0.2, 0.25) is 5.91 Å². The molecule has 0 aliphatic rings. The van der Waals surface area contributed by atoms with Gasteiger partial charge in [0.1, 0.15) is 11.6 Å². The molecule has 0 bridgehead atoms. The van der Waals surface area contributed by atoms with Gasteiger partial charge in [0.05, 0.1) is 24.1 Å². The molecule has 4 aromatic rings. The Balaban J connectivity index is 1.32. The van der Waals surface area contributed by atoms with E-state index in [9.17, 15) is 4.79 Å². The van der Waals surface area contributed by atoms with Crippen LogP contribution in [0.4, 0.5) is 0 Å². The highest BCUT2D eigenvalue weighted by atomic mass is 16.5. The smallest absolute Gasteiger partial charge is 0.224 e. The Morgan fingerprint density at radius 1 is 1.00 bits per heavy atom. The highest BCUT2D eigenvalue weighted by Crippen LogP contribution is 2.20. The molecule has 5 nitrogen and oxygen atoms in total. The number of aryl methyl sites for hydroxylation is 2. The van der Waals surface area contributed by atoms with E-state index in [4.69, 9.17) is 9.72 Å². The quantitative estimate of drug-likeness (QED) is 0.281. The molecule has 0 radical (unpaired) electrons. The van der Waals surface area contributed by atoms with Crippen molar-refractivity contribution in [2.75, 3.05) is 13.2 Å². The summed E-state index contributed by atoms with van der Waals surface area (Å²) in [6, 6.07) is 24.6. The normalized spacial score (nSPS) is 11.2. The second kappa shape index (κ2) is 11.7. The third-order valence-electron chi connectivity index (χ3n) is 6.36. The van der Waals surface area contributed by atoms with Crippen LogP contribution in [0.15, 0.2) is 72.8 Å². The van der Waals surface area contributed by atoms with E-state index in [1.54, 1.807) is 0 Å². The molecule has 1 amide bonds. The summed E-state index contributed by atoms with van der Waals surface area (Å²) in [7, 11) is 0. The van der Waals surface area contributed by atoms with Crippen LogP contribution in [0, 0.1) is 6.92 Å². The van der Waals surface area contributed by atoms with Crippen LogP contribution in [0.2, 0.25) is 0 Å². The molecule has 1 N–H and O–H groups in total. The number of imidazole rings is 1. The summed E-state index contributed by atoms with van der Waals surface area (Å²) in [6.07, 6.45) is 1.96. The van der Waals surface area contributed by atoms with Crippen molar-refractivity contribution in [1.29, 1.82) is 0 Å². The maximum atomic E-state index is 12.5. The largest absolute Gasteiger partial charge is 0.494 e. The van der Waals surface area contributed by atoms with Gasteiger partial charge in [-0.05, 0) is 60.2 Å². The van der Waals surface area contributed by atoms with Crippen LogP contribution < -0.4 is 10.1 Å². The molecule has 0 saturated carbocycles. The van der Waals surface area contributed by atoms with Gasteiger partial charge in [0.15, 0.2) is 0 Å². The van der Waals surface area contributed by atoms with Crippen molar-refractivity contribution in [2.24, 2.45) is 0 Å². The summed E-state index contributed by atoms with van der Waals surface area (Å²) in [4.78, 5) is 17.3. The summed E-state index contributed by atoms with van der Waals surface area (Å²) >= 11 is 0. The van der Waals surface area contributed by atoms with Gasteiger partial charge >= 0.3 is 0 Å². The van der Waals surface area contributed by atoms with Crippen LogP contribution in [-0.2, 0) is 24.2 Å². The van der Waals surface area contributed by atoms with Gasteiger partial charge in [0.25, 0.3) is 0 Å². The molecule has 0 aliphatic carbocycles. The van der Waals surface area contributed by atoms with Crippen molar-refractivity contribution in [3.05, 3.63) is 95.3 Å². The number of ether oxygens (including phenoxy) is 1. The predicted octanol–water partition coefficient (Wildman–Crippen LogP) is 5.84. The highest BCUT2D eigenvalue weighted by Gasteiger charge is 2.12. The van der Waals surface area contributed by atoms with Crippen LogP contribution in [0.5, 0.6) is 5.75 Å². The number of nitrogens with zero attached hydrogens (tertiary/aromatic N) is 2. The molecule has 0 saturated heterocycles. The number of aromatic nitrogens is 2. The van der Waals surface area contributed by atoms with E-state index in [-0.39, 0.29) is 5.91 Å². The lowest BCUT2D eigenvalue weighted by Gasteiger charge is -2.12. The standard InChI is InChI=1S/C30H35N3O2/c1-22(2)24-13-15-26(16-14-24)35-20-8-19-33-28-12-7-6-11-27(28)32-29(33)17-18-31-30(34)21-25-10-5-4-9-23(25)3/h4-7,9-16,22H,8,17-21H2,1-3H3,(H,31,34). The number of fused-ring (bicyclic) bond motifs is 1. The molecule has 0 spiro atoms. The fourth-order valence-electron chi connectivity index (χ4n) is 4.29. The van der Waals surface area contributed by atoms with Gasteiger partial charge in [-0.1, -0.05) is 62.4 Å². The van der Waals surface area contributed by atoms with E-state index >= 15 is 0 Å². The van der Waals surface area contributed by atoms with E-state index in [1.165, 1.54) is 5.56 Å². The molecule has 5 heteroatoms. The number of para-hydroxylation sites is 2. The van der Waals surface area contributed by atoms with Gasteiger partial charge in [-0.25, -0.2) is 4.98 Å². The molecule has 0 fully saturated rings. The zero-order chi connectivity index (χ0) is 24.6. The Morgan fingerprint density at radius 3 is 2.51 bits per heavy atom. The molecular formula is C30H35N3O2. The van der Waals surface area contributed by atoms with Crippen LogP contribution >= 0.6 is 0 Å². The second-order valence-electron chi connectivity index (χ2n) is 9.30. The topological polar surface area (TPSA) is 56.2 Å². The Morgan fingerprint density at radius 2 is 1.74 bits per heavy atom. The summed E-state index contributed by atoms with van der Waals surface area (Å²) in [5.74, 6) is 2.45. The Bertz CT molecular complexity index is 1260. The van der Waals surface area contributed by atoms with E-state index in [2.05, 4.69) is 41.9 Å². The highest BCUT2D eigenvalue weighted by molar-refractivity contribution is 5.79. The van der Waals surface area contributed by atoms with Crippen LogP contribution in [0.25, 0.3) is 11.0 Å². The summed E-state index contributed by atoms with van der Waals surface area (Å²) in [5.41, 5.74) is 5.63. The first-order chi connectivity index (χ1) is 17.0. The van der Waals surface area contributed by atoms with Crippen molar-refractivity contribution in [1.82, 2.24) is 14.9 Å².